The predicted molar refractivity (Wildman–Crippen MR) is 153 cm³/mol. The molecule has 1 aliphatic carbocycles. The van der Waals surface area contributed by atoms with E-state index in [1.54, 1.807) is 0 Å². The molecule has 2 saturated heterocycles. The first-order valence-corrected chi connectivity index (χ1v) is 15.8. The van der Waals surface area contributed by atoms with E-state index >= 15 is 0 Å². The maximum absolute atomic E-state index is 11.6. The second kappa shape index (κ2) is 14.1. The van der Waals surface area contributed by atoms with Crippen LogP contribution >= 0.6 is 0 Å². The van der Waals surface area contributed by atoms with E-state index in [1.807, 2.05) is 0 Å². The summed E-state index contributed by atoms with van der Waals surface area (Å²) in [6.45, 7) is 17.8. The van der Waals surface area contributed by atoms with Gasteiger partial charge in [-0.05, 0) is 106 Å². The van der Waals surface area contributed by atoms with E-state index in [9.17, 15) is 10.2 Å². The molecular formula is C32H60N2O2. The average Bonchev–Trinajstić information content (AvgIpc) is 3.24. The van der Waals surface area contributed by atoms with Crippen LogP contribution in [0.15, 0.2) is 11.6 Å². The minimum atomic E-state index is -0.633. The molecule has 8 atom stereocenters. The highest BCUT2D eigenvalue weighted by molar-refractivity contribution is 5.19. The lowest BCUT2D eigenvalue weighted by molar-refractivity contribution is -0.0778. The molecule has 0 bridgehead atoms. The molecule has 3 rings (SSSR count). The van der Waals surface area contributed by atoms with Gasteiger partial charge in [-0.2, -0.15) is 0 Å². The van der Waals surface area contributed by atoms with E-state index in [-0.39, 0.29) is 6.23 Å². The number of hydrogen-bond donors (Lipinski definition) is 2. The third-order valence-corrected chi connectivity index (χ3v) is 10.5. The Morgan fingerprint density at radius 1 is 1.03 bits per heavy atom. The van der Waals surface area contributed by atoms with Crippen molar-refractivity contribution in [3.8, 4) is 0 Å². The number of nitrogens with zero attached hydrogens (tertiary/aromatic N) is 2. The van der Waals surface area contributed by atoms with Crippen LogP contribution in [0.25, 0.3) is 0 Å². The molecule has 0 radical (unpaired) electrons. The van der Waals surface area contributed by atoms with Gasteiger partial charge in [0.05, 0.1) is 5.60 Å². The first-order valence-electron chi connectivity index (χ1n) is 15.8. The van der Waals surface area contributed by atoms with Crippen molar-refractivity contribution in [1.82, 2.24) is 9.80 Å². The zero-order valence-corrected chi connectivity index (χ0v) is 24.7. The molecule has 3 aliphatic rings. The SMILES string of the molecule is CC/C=C(\CC)C1(O)CCN(CCC(CC(O)N2CCCC(C)C2CCC)C2CCC(C)C(C)C2)C1. The van der Waals surface area contributed by atoms with Gasteiger partial charge in [0, 0.05) is 25.7 Å². The maximum Gasteiger partial charge on any atom is 0.107 e. The number of likely N-dealkylation sites (tertiary alicyclic amines) is 2. The molecular weight excluding hydrogens is 444 g/mol. The number of hydrogen-bond acceptors (Lipinski definition) is 4. The largest absolute Gasteiger partial charge is 0.384 e. The normalized spacial score (nSPS) is 36.8. The third-order valence-electron chi connectivity index (χ3n) is 10.5. The van der Waals surface area contributed by atoms with Gasteiger partial charge < -0.3 is 15.1 Å². The molecule has 4 nitrogen and oxygen atoms in total. The molecule has 2 heterocycles. The molecule has 2 N–H and O–H groups in total. The Labute approximate surface area is 223 Å². The number of aliphatic hydroxyl groups is 2. The molecule has 0 aromatic carbocycles. The van der Waals surface area contributed by atoms with Gasteiger partial charge in [0.1, 0.15) is 6.23 Å². The van der Waals surface area contributed by atoms with Crippen molar-refractivity contribution in [2.24, 2.45) is 29.6 Å². The van der Waals surface area contributed by atoms with Gasteiger partial charge >= 0.3 is 0 Å². The smallest absolute Gasteiger partial charge is 0.107 e. The van der Waals surface area contributed by atoms with Crippen molar-refractivity contribution in [1.29, 1.82) is 0 Å². The minimum Gasteiger partial charge on any atom is -0.384 e. The number of piperidine rings is 1. The summed E-state index contributed by atoms with van der Waals surface area (Å²) in [4.78, 5) is 4.99. The molecule has 0 spiro atoms. The molecule has 210 valence electrons. The Balaban J connectivity index is 1.67. The van der Waals surface area contributed by atoms with E-state index in [0.717, 1.165) is 76.0 Å². The zero-order chi connectivity index (χ0) is 26.3. The fourth-order valence-corrected chi connectivity index (χ4v) is 7.95. The van der Waals surface area contributed by atoms with Crippen molar-refractivity contribution in [3.63, 3.8) is 0 Å². The molecule has 3 fully saturated rings. The summed E-state index contributed by atoms with van der Waals surface area (Å²) >= 11 is 0. The summed E-state index contributed by atoms with van der Waals surface area (Å²) in [6, 6.07) is 0.538. The van der Waals surface area contributed by atoms with E-state index < -0.39 is 5.60 Å². The first kappa shape index (κ1) is 30.1. The summed E-state index contributed by atoms with van der Waals surface area (Å²) < 4.78 is 0. The van der Waals surface area contributed by atoms with Gasteiger partial charge in [0.15, 0.2) is 0 Å². The Kier molecular flexibility index (Phi) is 11.8. The number of aliphatic hydroxyl groups excluding tert-OH is 1. The lowest BCUT2D eigenvalue weighted by Gasteiger charge is -2.45. The monoisotopic (exact) mass is 504 g/mol. The third kappa shape index (κ3) is 7.58. The second-order valence-corrected chi connectivity index (χ2v) is 13.1. The number of β-amino-alcohol motifs (C(OH)–C–C–N with tert-alkyl or cyclic N) is 1. The highest BCUT2D eigenvalue weighted by atomic mass is 16.3. The Hall–Kier alpha value is -0.420. The number of rotatable bonds is 12. The molecule has 1 saturated carbocycles. The van der Waals surface area contributed by atoms with Crippen LogP contribution in [-0.4, -0.2) is 64.1 Å². The highest BCUT2D eigenvalue weighted by Gasteiger charge is 2.40. The maximum atomic E-state index is 11.6. The van der Waals surface area contributed by atoms with Gasteiger partial charge in [0.25, 0.3) is 0 Å². The van der Waals surface area contributed by atoms with Crippen molar-refractivity contribution in [2.45, 2.75) is 136 Å². The fourth-order valence-electron chi connectivity index (χ4n) is 7.95. The zero-order valence-electron chi connectivity index (χ0n) is 24.7. The predicted octanol–water partition coefficient (Wildman–Crippen LogP) is 6.86. The lowest BCUT2D eigenvalue weighted by Crippen LogP contribution is -2.50. The highest BCUT2D eigenvalue weighted by Crippen LogP contribution is 2.41. The summed E-state index contributed by atoms with van der Waals surface area (Å²) in [5.74, 6) is 3.60. The van der Waals surface area contributed by atoms with E-state index in [1.165, 1.54) is 50.5 Å². The molecule has 36 heavy (non-hydrogen) atoms. The van der Waals surface area contributed by atoms with Crippen molar-refractivity contribution in [3.05, 3.63) is 11.6 Å². The molecule has 0 amide bonds. The molecule has 0 aromatic heterocycles. The van der Waals surface area contributed by atoms with Gasteiger partial charge in [-0.1, -0.05) is 60.5 Å². The Bertz CT molecular complexity index is 681. The van der Waals surface area contributed by atoms with Crippen LogP contribution in [0.2, 0.25) is 0 Å². The van der Waals surface area contributed by atoms with Gasteiger partial charge in [-0.25, -0.2) is 0 Å². The Morgan fingerprint density at radius 2 is 1.81 bits per heavy atom. The molecule has 8 unspecified atom stereocenters. The molecule has 4 heteroatoms. The van der Waals surface area contributed by atoms with Gasteiger partial charge in [0.2, 0.25) is 0 Å². The van der Waals surface area contributed by atoms with Crippen molar-refractivity contribution >= 4 is 0 Å². The van der Waals surface area contributed by atoms with Crippen LogP contribution in [0, 0.1) is 29.6 Å². The molecule has 2 aliphatic heterocycles. The second-order valence-electron chi connectivity index (χ2n) is 13.1. The van der Waals surface area contributed by atoms with Crippen molar-refractivity contribution in [2.75, 3.05) is 26.2 Å². The fraction of sp³-hybridized carbons (Fsp3) is 0.938. The van der Waals surface area contributed by atoms with Crippen LogP contribution in [0.5, 0.6) is 0 Å². The van der Waals surface area contributed by atoms with Gasteiger partial charge in [-0.3, -0.25) is 4.90 Å². The van der Waals surface area contributed by atoms with Crippen LogP contribution < -0.4 is 0 Å². The minimum absolute atomic E-state index is 0.307. The standard InChI is InChI=1S/C32H60N2O2/c1-7-11-29(9-3)32(36)17-20-33(23-32)19-16-28(27-15-14-24(4)26(6)21-27)22-31(35)34-18-10-13-25(5)30(34)12-8-2/h11,24-28,30-31,35-36H,7-10,12-23H2,1-6H3/b29-11+. The molecule has 0 aromatic rings. The summed E-state index contributed by atoms with van der Waals surface area (Å²) in [6.07, 6.45) is 15.7. The lowest BCUT2D eigenvalue weighted by atomic mass is 9.69. The van der Waals surface area contributed by atoms with E-state index in [2.05, 4.69) is 57.4 Å². The summed E-state index contributed by atoms with van der Waals surface area (Å²) in [5.41, 5.74) is 0.599. The quantitative estimate of drug-likeness (QED) is 0.285. The summed E-state index contributed by atoms with van der Waals surface area (Å²) in [5, 5.41) is 23.0. The van der Waals surface area contributed by atoms with Crippen LogP contribution in [-0.2, 0) is 0 Å². The van der Waals surface area contributed by atoms with Gasteiger partial charge in [-0.15, -0.1) is 0 Å². The first-order chi connectivity index (χ1) is 17.2. The average molecular weight is 505 g/mol. The topological polar surface area (TPSA) is 46.9 Å². The Morgan fingerprint density at radius 3 is 2.47 bits per heavy atom. The van der Waals surface area contributed by atoms with Crippen LogP contribution in [0.1, 0.15) is 119 Å². The van der Waals surface area contributed by atoms with E-state index in [0.29, 0.717) is 17.9 Å². The summed E-state index contributed by atoms with van der Waals surface area (Å²) in [7, 11) is 0. The van der Waals surface area contributed by atoms with Crippen LogP contribution in [0.4, 0.5) is 0 Å². The van der Waals surface area contributed by atoms with Crippen LogP contribution in [0.3, 0.4) is 0 Å². The van der Waals surface area contributed by atoms with E-state index in [4.69, 9.17) is 0 Å². The number of allylic oxidation sites excluding steroid dienone is 1. The van der Waals surface area contributed by atoms with Crippen molar-refractivity contribution < 1.29 is 10.2 Å².